The highest BCUT2D eigenvalue weighted by molar-refractivity contribution is 6.23. The Morgan fingerprint density at radius 2 is 0.816 bits per heavy atom. The van der Waals surface area contributed by atoms with E-state index in [1.165, 1.54) is 0 Å². The van der Waals surface area contributed by atoms with Crippen LogP contribution in [-0.2, 0) is 0 Å². The van der Waals surface area contributed by atoms with Crippen LogP contribution in [0.2, 0.25) is 0 Å². The maximum atomic E-state index is 4.98. The summed E-state index contributed by atoms with van der Waals surface area (Å²) in [4.78, 5) is 29.2. The van der Waals surface area contributed by atoms with Crippen LogP contribution in [-0.4, -0.2) is 29.9 Å². The lowest BCUT2D eigenvalue weighted by molar-refractivity contribution is 1.19. The number of benzene rings is 5. The summed E-state index contributed by atoms with van der Waals surface area (Å²) < 4.78 is 0. The van der Waals surface area contributed by atoms with Gasteiger partial charge in [-0.15, -0.1) is 0 Å². The van der Waals surface area contributed by atoms with Gasteiger partial charge in [0.2, 0.25) is 11.3 Å². The number of nitrogens with zero attached hydrogens (tertiary/aromatic N) is 6. The molecule has 8 aromatic rings. The third kappa shape index (κ3) is 2.68. The van der Waals surface area contributed by atoms with Gasteiger partial charge in [0.25, 0.3) is 0 Å². The van der Waals surface area contributed by atoms with Crippen molar-refractivity contribution in [2.24, 2.45) is 0 Å². The van der Waals surface area contributed by atoms with Gasteiger partial charge < -0.3 is 10.6 Å². The van der Waals surface area contributed by atoms with Crippen molar-refractivity contribution < 1.29 is 0 Å². The van der Waals surface area contributed by atoms with Crippen LogP contribution in [0.4, 0.5) is 23.0 Å². The normalized spacial score (nSPS) is 12.6. The number of hydrogen-bond acceptors (Lipinski definition) is 8. The summed E-state index contributed by atoms with van der Waals surface area (Å²) in [6, 6.07) is 28.4. The molecule has 0 atom stereocenters. The van der Waals surface area contributed by atoms with Crippen LogP contribution >= 0.6 is 0 Å². The Morgan fingerprint density at radius 1 is 0.395 bits per heavy atom. The van der Waals surface area contributed by atoms with Gasteiger partial charge in [-0.1, -0.05) is 60.7 Å². The Morgan fingerprint density at radius 3 is 1.29 bits per heavy atom. The first-order chi connectivity index (χ1) is 18.8. The quantitative estimate of drug-likeness (QED) is 0.178. The fourth-order valence-corrected chi connectivity index (χ4v) is 5.41. The van der Waals surface area contributed by atoms with E-state index in [2.05, 4.69) is 47.0 Å². The Bertz CT molecular complexity index is 2150. The molecule has 38 heavy (non-hydrogen) atoms. The predicted octanol–water partition coefficient (Wildman–Crippen LogP) is 6.78. The molecule has 0 aliphatic carbocycles. The number of hydrogen-bond donors (Lipinski definition) is 2. The molecule has 0 unspecified atom stereocenters. The highest BCUT2D eigenvalue weighted by Crippen LogP contribution is 2.40. The first-order valence-electron chi connectivity index (χ1n) is 12.3. The molecule has 0 fully saturated rings. The molecule has 0 amide bonds. The van der Waals surface area contributed by atoms with Crippen LogP contribution in [0.3, 0.4) is 0 Å². The zero-order chi connectivity index (χ0) is 24.8. The summed E-state index contributed by atoms with van der Waals surface area (Å²) in [6.07, 6.45) is 0. The molecular weight excluding hydrogens is 472 g/mol. The molecule has 0 saturated carbocycles. The molecule has 9 rings (SSSR count). The van der Waals surface area contributed by atoms with Gasteiger partial charge in [-0.2, -0.15) is 0 Å². The second kappa shape index (κ2) is 7.04. The van der Waals surface area contributed by atoms with Crippen LogP contribution in [0.5, 0.6) is 0 Å². The molecule has 4 heterocycles. The van der Waals surface area contributed by atoms with Crippen LogP contribution in [0.1, 0.15) is 0 Å². The van der Waals surface area contributed by atoms with Crippen molar-refractivity contribution in [2.75, 3.05) is 10.6 Å². The Labute approximate surface area is 214 Å². The van der Waals surface area contributed by atoms with Crippen molar-refractivity contribution >= 4 is 88.9 Å². The van der Waals surface area contributed by atoms with Gasteiger partial charge in [0.1, 0.15) is 0 Å². The molecule has 5 aromatic carbocycles. The van der Waals surface area contributed by atoms with E-state index in [1.807, 2.05) is 48.5 Å². The average Bonchev–Trinajstić information content (AvgIpc) is 2.96. The SMILES string of the molecule is c1ccc2nc3cc4c(cc3nc2c1)Nc1nc2nc3c5ccccc5c5ccccc5c3nc2nc1N4. The summed E-state index contributed by atoms with van der Waals surface area (Å²) in [5, 5.41) is 11.2. The standard InChI is InChI=1S/C30H16N8/c1-3-9-17-15(7-1)16-8-2-4-10-18(16)26-25(17)35-29-30(36-26)38-28-27(37-29)33-23-13-21-22(14-24(23)34-28)32-20-12-6-5-11-19(20)31-21/h1-14H,(H,33,35,37)(H,34,36,38). The molecule has 2 N–H and O–H groups in total. The van der Waals surface area contributed by atoms with Gasteiger partial charge in [0, 0.05) is 10.8 Å². The maximum absolute atomic E-state index is 4.98. The summed E-state index contributed by atoms with van der Waals surface area (Å²) >= 11 is 0. The molecular formula is C30H16N8. The number of nitrogens with one attached hydrogen (secondary N) is 2. The van der Waals surface area contributed by atoms with E-state index < -0.39 is 0 Å². The molecule has 0 spiro atoms. The molecule has 8 heteroatoms. The first-order valence-corrected chi connectivity index (χ1v) is 12.3. The van der Waals surface area contributed by atoms with Crippen LogP contribution < -0.4 is 10.6 Å². The van der Waals surface area contributed by atoms with E-state index in [9.17, 15) is 0 Å². The minimum atomic E-state index is 0.487. The Kier molecular flexibility index (Phi) is 3.64. The minimum Gasteiger partial charge on any atom is -0.335 e. The lowest BCUT2D eigenvalue weighted by Crippen LogP contribution is -2.11. The monoisotopic (exact) mass is 488 g/mol. The first kappa shape index (κ1) is 19.7. The second-order valence-corrected chi connectivity index (χ2v) is 9.43. The van der Waals surface area contributed by atoms with E-state index in [4.69, 9.17) is 29.9 Å². The van der Waals surface area contributed by atoms with Crippen LogP contribution in [0.15, 0.2) is 84.9 Å². The Hall–Kier alpha value is -5.50. The van der Waals surface area contributed by atoms with Gasteiger partial charge in [0.15, 0.2) is 11.6 Å². The average molecular weight is 489 g/mol. The largest absolute Gasteiger partial charge is 0.335 e. The Balaban J connectivity index is 1.27. The van der Waals surface area contributed by atoms with Crippen molar-refractivity contribution in [3.8, 4) is 0 Å². The minimum absolute atomic E-state index is 0.487. The number of para-hydroxylation sites is 2. The number of fused-ring (bicyclic) bond motifs is 11. The zero-order valence-electron chi connectivity index (χ0n) is 19.8. The van der Waals surface area contributed by atoms with Crippen LogP contribution in [0, 0.1) is 0 Å². The third-order valence-corrected chi connectivity index (χ3v) is 7.16. The van der Waals surface area contributed by atoms with Crippen molar-refractivity contribution in [1.29, 1.82) is 0 Å². The van der Waals surface area contributed by atoms with E-state index in [1.54, 1.807) is 0 Å². The van der Waals surface area contributed by atoms with E-state index in [0.717, 1.165) is 66.0 Å². The molecule has 176 valence electrons. The van der Waals surface area contributed by atoms with Gasteiger partial charge in [-0.25, -0.2) is 29.9 Å². The van der Waals surface area contributed by atoms with Gasteiger partial charge in [-0.05, 0) is 35.0 Å². The van der Waals surface area contributed by atoms with Gasteiger partial charge in [-0.3, -0.25) is 0 Å². The highest BCUT2D eigenvalue weighted by atomic mass is 15.2. The number of rotatable bonds is 0. The summed E-state index contributed by atoms with van der Waals surface area (Å²) in [7, 11) is 0. The summed E-state index contributed by atoms with van der Waals surface area (Å²) in [6.45, 7) is 0. The highest BCUT2D eigenvalue weighted by Gasteiger charge is 2.21. The summed E-state index contributed by atoms with van der Waals surface area (Å²) in [5.41, 5.74) is 7.64. The zero-order valence-corrected chi connectivity index (χ0v) is 19.8. The fraction of sp³-hybridized carbons (Fsp3) is 0. The van der Waals surface area contributed by atoms with E-state index in [0.29, 0.717) is 22.9 Å². The topological polar surface area (TPSA) is 101 Å². The molecule has 1 aliphatic heterocycles. The fourth-order valence-electron chi connectivity index (χ4n) is 5.41. The maximum Gasteiger partial charge on any atom is 0.200 e. The van der Waals surface area contributed by atoms with Gasteiger partial charge >= 0.3 is 0 Å². The van der Waals surface area contributed by atoms with Gasteiger partial charge in [0.05, 0.1) is 44.5 Å². The van der Waals surface area contributed by atoms with Crippen LogP contribution in [0.25, 0.3) is 65.9 Å². The second-order valence-electron chi connectivity index (χ2n) is 9.43. The van der Waals surface area contributed by atoms with Crippen molar-refractivity contribution in [3.63, 3.8) is 0 Å². The van der Waals surface area contributed by atoms with E-state index >= 15 is 0 Å². The molecule has 0 saturated heterocycles. The lowest BCUT2D eigenvalue weighted by atomic mass is 10.00. The number of anilines is 4. The van der Waals surface area contributed by atoms with Crippen molar-refractivity contribution in [2.45, 2.75) is 0 Å². The molecule has 0 bridgehead atoms. The summed E-state index contributed by atoms with van der Waals surface area (Å²) in [5.74, 6) is 1.19. The predicted molar refractivity (Wildman–Crippen MR) is 151 cm³/mol. The smallest absolute Gasteiger partial charge is 0.200 e. The molecule has 8 nitrogen and oxygen atoms in total. The van der Waals surface area contributed by atoms with Crippen molar-refractivity contribution in [1.82, 2.24) is 29.9 Å². The lowest BCUT2D eigenvalue weighted by Gasteiger charge is -2.21. The molecule has 3 aromatic heterocycles. The van der Waals surface area contributed by atoms with Crippen molar-refractivity contribution in [3.05, 3.63) is 84.9 Å². The third-order valence-electron chi connectivity index (χ3n) is 7.16. The number of aromatic nitrogens is 6. The van der Waals surface area contributed by atoms with E-state index in [-0.39, 0.29) is 0 Å². The molecule has 0 radical (unpaired) electrons. The molecule has 1 aliphatic rings.